The second kappa shape index (κ2) is 6.58. The van der Waals surface area contributed by atoms with Gasteiger partial charge < -0.3 is 5.32 Å². The van der Waals surface area contributed by atoms with Gasteiger partial charge in [-0.05, 0) is 42.8 Å². The molecule has 0 fully saturated rings. The number of hydrogen-bond donors (Lipinski definition) is 1. The fourth-order valence-corrected chi connectivity index (χ4v) is 2.34. The largest absolute Gasteiger partial charge is 0.352 e. The number of halogens is 1. The maximum absolute atomic E-state index is 11.9. The fourth-order valence-electron chi connectivity index (χ4n) is 2.21. The average Bonchev–Trinajstić information content (AvgIpc) is 2.95. The molecule has 5 nitrogen and oxygen atoms in total. The van der Waals surface area contributed by atoms with Crippen molar-refractivity contribution in [2.45, 2.75) is 12.8 Å². The summed E-state index contributed by atoms with van der Waals surface area (Å²) in [4.78, 5) is 11.9. The Morgan fingerprint density at radius 3 is 2.77 bits per heavy atom. The highest BCUT2D eigenvalue weighted by atomic mass is 35.5. The van der Waals surface area contributed by atoms with Gasteiger partial charge in [0.25, 0.3) is 5.91 Å². The Bertz CT molecular complexity index is 782. The van der Waals surface area contributed by atoms with E-state index < -0.39 is 0 Å². The summed E-state index contributed by atoms with van der Waals surface area (Å²) in [6, 6.07) is 12.6. The molecule has 2 aromatic heterocycles. The van der Waals surface area contributed by atoms with Crippen LogP contribution in [0.5, 0.6) is 0 Å². The molecule has 1 aromatic carbocycles. The molecule has 22 heavy (non-hydrogen) atoms. The van der Waals surface area contributed by atoms with Crippen LogP contribution in [0.2, 0.25) is 5.02 Å². The zero-order chi connectivity index (χ0) is 15.4. The molecular formula is C16H15ClN4O. The van der Waals surface area contributed by atoms with Gasteiger partial charge in [0, 0.05) is 29.7 Å². The van der Waals surface area contributed by atoms with E-state index in [2.05, 4.69) is 15.5 Å². The molecule has 0 saturated carbocycles. The van der Waals surface area contributed by atoms with Gasteiger partial charge in [-0.25, -0.2) is 0 Å². The van der Waals surface area contributed by atoms with E-state index in [-0.39, 0.29) is 5.91 Å². The lowest BCUT2D eigenvalue weighted by atomic mass is 10.2. The van der Waals surface area contributed by atoms with Crippen molar-refractivity contribution in [1.82, 2.24) is 19.9 Å². The topological polar surface area (TPSA) is 59.3 Å². The van der Waals surface area contributed by atoms with Gasteiger partial charge in [0.2, 0.25) is 0 Å². The predicted molar refractivity (Wildman–Crippen MR) is 85.1 cm³/mol. The van der Waals surface area contributed by atoms with Crippen molar-refractivity contribution < 1.29 is 4.79 Å². The summed E-state index contributed by atoms with van der Waals surface area (Å²) in [5.41, 5.74) is 1.44. The maximum Gasteiger partial charge on any atom is 0.251 e. The molecule has 2 heterocycles. The van der Waals surface area contributed by atoms with Gasteiger partial charge in [0.05, 0.1) is 0 Å². The zero-order valence-electron chi connectivity index (χ0n) is 11.9. The molecular weight excluding hydrogens is 300 g/mol. The molecule has 0 saturated heterocycles. The number of aryl methyl sites for hydroxylation is 1. The molecule has 0 aliphatic carbocycles. The van der Waals surface area contributed by atoms with Crippen LogP contribution >= 0.6 is 11.6 Å². The Balaban J connectivity index is 1.51. The van der Waals surface area contributed by atoms with Crippen molar-refractivity contribution >= 4 is 23.2 Å². The molecule has 0 atom stereocenters. The molecule has 3 aromatic rings. The van der Waals surface area contributed by atoms with Crippen LogP contribution in [-0.4, -0.2) is 27.0 Å². The normalized spacial score (nSPS) is 10.8. The van der Waals surface area contributed by atoms with Gasteiger partial charge in [-0.3, -0.25) is 9.20 Å². The summed E-state index contributed by atoms with van der Waals surface area (Å²) >= 11 is 5.80. The van der Waals surface area contributed by atoms with Crippen molar-refractivity contribution in [3.05, 3.63) is 65.1 Å². The smallest absolute Gasteiger partial charge is 0.251 e. The monoisotopic (exact) mass is 314 g/mol. The Labute approximate surface area is 132 Å². The minimum absolute atomic E-state index is 0.0947. The number of fused-ring (bicyclic) bond motifs is 1. The number of benzene rings is 1. The van der Waals surface area contributed by atoms with E-state index in [1.54, 1.807) is 24.3 Å². The van der Waals surface area contributed by atoms with Crippen LogP contribution in [-0.2, 0) is 6.42 Å². The molecule has 0 radical (unpaired) electrons. The third-order valence-electron chi connectivity index (χ3n) is 3.35. The number of nitrogens with one attached hydrogen (secondary N) is 1. The Kier molecular flexibility index (Phi) is 4.34. The van der Waals surface area contributed by atoms with Crippen LogP contribution in [0.4, 0.5) is 0 Å². The van der Waals surface area contributed by atoms with Gasteiger partial charge >= 0.3 is 0 Å². The number of amides is 1. The molecule has 0 unspecified atom stereocenters. The molecule has 1 amide bonds. The van der Waals surface area contributed by atoms with E-state index in [0.29, 0.717) is 17.1 Å². The summed E-state index contributed by atoms with van der Waals surface area (Å²) in [7, 11) is 0. The first-order valence-corrected chi connectivity index (χ1v) is 7.44. The standard InChI is InChI=1S/C16H15ClN4O/c17-13-8-6-12(7-9-13)16(22)18-10-3-5-15-20-19-14-4-1-2-11-21(14)15/h1-2,4,6-9,11H,3,5,10H2,(H,18,22). The van der Waals surface area contributed by atoms with Crippen molar-refractivity contribution in [3.63, 3.8) is 0 Å². The van der Waals surface area contributed by atoms with Crippen LogP contribution in [0.25, 0.3) is 5.65 Å². The lowest BCUT2D eigenvalue weighted by molar-refractivity contribution is 0.0953. The van der Waals surface area contributed by atoms with Gasteiger partial charge in [-0.1, -0.05) is 17.7 Å². The summed E-state index contributed by atoms with van der Waals surface area (Å²) in [6.45, 7) is 0.587. The first-order chi connectivity index (χ1) is 10.7. The van der Waals surface area contributed by atoms with E-state index in [1.165, 1.54) is 0 Å². The second-order valence-corrected chi connectivity index (χ2v) is 5.35. The number of rotatable bonds is 5. The van der Waals surface area contributed by atoms with Crippen LogP contribution in [0.1, 0.15) is 22.6 Å². The molecule has 6 heteroatoms. The number of carbonyl (C=O) groups is 1. The van der Waals surface area contributed by atoms with E-state index in [9.17, 15) is 4.79 Å². The zero-order valence-corrected chi connectivity index (χ0v) is 12.6. The summed E-state index contributed by atoms with van der Waals surface area (Å²) in [5.74, 6) is 0.805. The van der Waals surface area contributed by atoms with Crippen LogP contribution in [0, 0.1) is 0 Å². The van der Waals surface area contributed by atoms with Gasteiger partial charge in [-0.15, -0.1) is 10.2 Å². The van der Waals surface area contributed by atoms with E-state index >= 15 is 0 Å². The van der Waals surface area contributed by atoms with Gasteiger partial charge in [-0.2, -0.15) is 0 Å². The molecule has 0 bridgehead atoms. The predicted octanol–water partition coefficient (Wildman–Crippen LogP) is 2.75. The Morgan fingerprint density at radius 1 is 1.14 bits per heavy atom. The first-order valence-electron chi connectivity index (χ1n) is 7.06. The molecule has 3 rings (SSSR count). The minimum atomic E-state index is -0.0947. The average molecular weight is 315 g/mol. The summed E-state index contributed by atoms with van der Waals surface area (Å²) in [6.07, 6.45) is 3.50. The highest BCUT2D eigenvalue weighted by Gasteiger charge is 2.06. The lowest BCUT2D eigenvalue weighted by Crippen LogP contribution is -2.24. The first kappa shape index (κ1) is 14.5. The van der Waals surface area contributed by atoms with Crippen molar-refractivity contribution in [2.24, 2.45) is 0 Å². The summed E-state index contributed by atoms with van der Waals surface area (Å²) < 4.78 is 1.96. The number of aromatic nitrogens is 3. The minimum Gasteiger partial charge on any atom is -0.352 e. The van der Waals surface area contributed by atoms with Crippen molar-refractivity contribution in [1.29, 1.82) is 0 Å². The second-order valence-electron chi connectivity index (χ2n) is 4.91. The third-order valence-corrected chi connectivity index (χ3v) is 3.61. The Morgan fingerprint density at radius 2 is 1.95 bits per heavy atom. The van der Waals surface area contributed by atoms with E-state index in [0.717, 1.165) is 24.3 Å². The number of hydrogen-bond acceptors (Lipinski definition) is 3. The number of nitrogens with zero attached hydrogens (tertiary/aromatic N) is 3. The third kappa shape index (κ3) is 3.26. The maximum atomic E-state index is 11.9. The fraction of sp³-hybridized carbons (Fsp3) is 0.188. The van der Waals surface area contributed by atoms with Crippen LogP contribution < -0.4 is 5.32 Å². The highest BCUT2D eigenvalue weighted by molar-refractivity contribution is 6.30. The number of carbonyl (C=O) groups excluding carboxylic acids is 1. The molecule has 0 spiro atoms. The molecule has 0 aliphatic rings. The van der Waals surface area contributed by atoms with E-state index in [4.69, 9.17) is 11.6 Å². The SMILES string of the molecule is O=C(NCCCc1nnc2ccccn12)c1ccc(Cl)cc1. The van der Waals surface area contributed by atoms with Gasteiger partial charge in [0.15, 0.2) is 5.65 Å². The lowest BCUT2D eigenvalue weighted by Gasteiger charge is -2.05. The summed E-state index contributed by atoms with van der Waals surface area (Å²) in [5, 5.41) is 11.8. The van der Waals surface area contributed by atoms with E-state index in [1.807, 2.05) is 28.8 Å². The van der Waals surface area contributed by atoms with Crippen molar-refractivity contribution in [2.75, 3.05) is 6.54 Å². The highest BCUT2D eigenvalue weighted by Crippen LogP contribution is 2.09. The van der Waals surface area contributed by atoms with Crippen LogP contribution in [0.15, 0.2) is 48.7 Å². The van der Waals surface area contributed by atoms with Gasteiger partial charge in [0.1, 0.15) is 5.82 Å². The van der Waals surface area contributed by atoms with Crippen LogP contribution in [0.3, 0.4) is 0 Å². The molecule has 0 aliphatic heterocycles. The number of pyridine rings is 1. The van der Waals surface area contributed by atoms with Crippen molar-refractivity contribution in [3.8, 4) is 0 Å². The molecule has 1 N–H and O–H groups in total. The quantitative estimate of drug-likeness (QED) is 0.737. The molecule has 112 valence electrons. The Hall–Kier alpha value is -2.40.